The average molecular weight is 629 g/mol. The topological polar surface area (TPSA) is 0 Å². The Bertz CT molecular complexity index is 2040. The van der Waals surface area contributed by atoms with Crippen molar-refractivity contribution >= 4 is 30.8 Å². The van der Waals surface area contributed by atoms with E-state index in [1.807, 2.05) is 0 Å². The quantitative estimate of drug-likeness (QED) is 0.128. The van der Waals surface area contributed by atoms with Crippen LogP contribution in [0.4, 0.5) is 0 Å². The van der Waals surface area contributed by atoms with Gasteiger partial charge in [0.15, 0.2) is 0 Å². The van der Waals surface area contributed by atoms with Gasteiger partial charge in [0.05, 0.1) is 0 Å². The highest BCUT2D eigenvalue weighted by molar-refractivity contribution is 7.80. The van der Waals surface area contributed by atoms with E-state index in [-0.39, 0.29) is 0 Å². The van der Waals surface area contributed by atoms with Crippen LogP contribution in [0.2, 0.25) is 0 Å². The van der Waals surface area contributed by atoms with Crippen LogP contribution in [0.25, 0.3) is 39.0 Å². The second-order valence-corrected chi connectivity index (χ2v) is 13.0. The Labute approximate surface area is 284 Å². The molecule has 0 bridgehead atoms. The third-order valence-electron chi connectivity index (χ3n) is 9.27. The van der Waals surface area contributed by atoms with E-state index in [0.717, 1.165) is 50.4 Å². The fourth-order valence-electron chi connectivity index (χ4n) is 6.75. The monoisotopic (exact) mass is 628 g/mol. The summed E-state index contributed by atoms with van der Waals surface area (Å²) in [6.45, 7) is 2.38. The second kappa shape index (κ2) is 13.1. The zero-order valence-corrected chi connectivity index (χ0v) is 27.7. The van der Waals surface area contributed by atoms with Crippen LogP contribution in [0, 0.1) is 0 Å². The number of thiol groups is 2. The van der Waals surface area contributed by atoms with E-state index in [1.54, 1.807) is 0 Å². The number of benzene rings is 6. The number of hydrogen-bond acceptors (Lipinski definition) is 2. The van der Waals surface area contributed by atoms with E-state index < -0.39 is 5.41 Å². The SMILES string of the molecule is CC(c1ccccc1)(c1cc(C2=CCCC=C2)c(S)c(-c2ccccc2)c1)c1cc(-c2ccccc2)c(S)cc1-c1ccccc1. The molecule has 1 aliphatic rings. The molecule has 46 heavy (non-hydrogen) atoms. The maximum absolute atomic E-state index is 5.22. The molecule has 0 aromatic heterocycles. The zero-order chi connectivity index (χ0) is 31.5. The molecule has 0 nitrogen and oxygen atoms in total. The molecule has 1 aliphatic carbocycles. The molecule has 7 rings (SSSR count). The highest BCUT2D eigenvalue weighted by Gasteiger charge is 2.36. The van der Waals surface area contributed by atoms with Gasteiger partial charge in [0.25, 0.3) is 0 Å². The summed E-state index contributed by atoms with van der Waals surface area (Å²) in [6.07, 6.45) is 8.99. The van der Waals surface area contributed by atoms with Crippen molar-refractivity contribution in [2.45, 2.75) is 35.0 Å². The zero-order valence-electron chi connectivity index (χ0n) is 25.9. The fourth-order valence-corrected chi connectivity index (χ4v) is 7.46. The molecule has 0 radical (unpaired) electrons. The smallest absolute Gasteiger partial charge is 0.0430 e. The Balaban J connectivity index is 1.59. The molecule has 2 heteroatoms. The van der Waals surface area contributed by atoms with E-state index >= 15 is 0 Å². The summed E-state index contributed by atoms with van der Waals surface area (Å²) >= 11 is 10.3. The first kappa shape index (κ1) is 30.2. The summed E-state index contributed by atoms with van der Waals surface area (Å²) in [5, 5.41) is 0. The standard InChI is InChI=1S/C44H36S2/c1-44(35-25-15-6-16-26-35,36-27-39(33-21-11-4-12-22-33)43(46)40(28-36)34-23-13-5-14-24-34)41-29-38(32-19-9-3-10-20-32)42(45)30-37(41)31-17-7-2-8-18-31/h2-4,6-13,15-30,45-46H,5,14H2,1H3. The van der Waals surface area contributed by atoms with Gasteiger partial charge in [-0.05, 0) is 105 Å². The Hall–Kier alpha value is -4.50. The molecule has 0 amide bonds. The van der Waals surface area contributed by atoms with Gasteiger partial charge in [-0.25, -0.2) is 0 Å². The van der Waals surface area contributed by atoms with Gasteiger partial charge in [-0.3, -0.25) is 0 Å². The van der Waals surface area contributed by atoms with Gasteiger partial charge in [0.1, 0.15) is 0 Å². The maximum atomic E-state index is 5.22. The van der Waals surface area contributed by atoms with Crippen molar-refractivity contribution in [1.82, 2.24) is 0 Å². The largest absolute Gasteiger partial charge is 0.143 e. The molecule has 224 valence electrons. The fraction of sp³-hybridized carbons (Fsp3) is 0.0909. The van der Waals surface area contributed by atoms with Crippen molar-refractivity contribution in [3.05, 3.63) is 186 Å². The van der Waals surface area contributed by atoms with Crippen LogP contribution in [0.5, 0.6) is 0 Å². The lowest BCUT2D eigenvalue weighted by atomic mass is 9.67. The van der Waals surface area contributed by atoms with Crippen molar-refractivity contribution in [2.24, 2.45) is 0 Å². The number of hydrogen-bond donors (Lipinski definition) is 2. The minimum Gasteiger partial charge on any atom is -0.143 e. The molecule has 0 spiro atoms. The second-order valence-electron chi connectivity index (χ2n) is 12.1. The van der Waals surface area contributed by atoms with Crippen LogP contribution in [0.15, 0.2) is 174 Å². The van der Waals surface area contributed by atoms with Gasteiger partial charge in [-0.1, -0.05) is 140 Å². The Kier molecular flexibility index (Phi) is 8.58. The molecular weight excluding hydrogens is 593 g/mol. The van der Waals surface area contributed by atoms with Crippen LogP contribution in [-0.2, 0) is 5.41 Å². The molecule has 0 fully saturated rings. The van der Waals surface area contributed by atoms with Crippen LogP contribution in [0.1, 0.15) is 42.0 Å². The molecule has 1 atom stereocenters. The van der Waals surface area contributed by atoms with Crippen molar-refractivity contribution in [3.8, 4) is 33.4 Å². The first-order valence-electron chi connectivity index (χ1n) is 15.9. The third-order valence-corrected chi connectivity index (χ3v) is 10.1. The number of rotatable bonds is 7. The van der Waals surface area contributed by atoms with Gasteiger partial charge >= 0.3 is 0 Å². The highest BCUT2D eigenvalue weighted by atomic mass is 32.1. The van der Waals surface area contributed by atoms with Gasteiger partial charge in [0.2, 0.25) is 0 Å². The molecule has 0 heterocycles. The first-order valence-corrected chi connectivity index (χ1v) is 16.8. The molecule has 0 saturated heterocycles. The molecule has 0 aliphatic heterocycles. The summed E-state index contributed by atoms with van der Waals surface area (Å²) < 4.78 is 0. The van der Waals surface area contributed by atoms with E-state index in [4.69, 9.17) is 25.3 Å². The summed E-state index contributed by atoms with van der Waals surface area (Å²) in [6, 6.07) is 52.3. The van der Waals surface area contributed by atoms with E-state index in [2.05, 4.69) is 171 Å². The van der Waals surface area contributed by atoms with Crippen molar-refractivity contribution in [2.75, 3.05) is 0 Å². The van der Waals surface area contributed by atoms with Crippen LogP contribution >= 0.6 is 25.3 Å². The third kappa shape index (κ3) is 5.68. The summed E-state index contributed by atoms with van der Waals surface area (Å²) in [5.74, 6) is 0. The first-order chi connectivity index (χ1) is 22.5. The Morgan fingerprint density at radius 2 is 1.02 bits per heavy atom. The molecule has 1 unspecified atom stereocenters. The Morgan fingerprint density at radius 1 is 0.500 bits per heavy atom. The minimum absolute atomic E-state index is 0.532. The van der Waals surface area contributed by atoms with Crippen LogP contribution < -0.4 is 0 Å². The van der Waals surface area contributed by atoms with E-state index in [1.165, 1.54) is 33.4 Å². The van der Waals surface area contributed by atoms with Crippen molar-refractivity contribution < 1.29 is 0 Å². The summed E-state index contributed by atoms with van der Waals surface area (Å²) in [4.78, 5) is 1.96. The number of allylic oxidation sites excluding steroid dienone is 4. The molecule has 0 saturated carbocycles. The molecular formula is C44H36S2. The molecule has 6 aromatic rings. The highest BCUT2D eigenvalue weighted by Crippen LogP contribution is 2.49. The minimum atomic E-state index is -0.532. The molecule has 0 N–H and O–H groups in total. The lowest BCUT2D eigenvalue weighted by Gasteiger charge is -2.36. The lowest BCUT2D eigenvalue weighted by molar-refractivity contribution is 0.693. The van der Waals surface area contributed by atoms with Gasteiger partial charge in [-0.2, -0.15) is 0 Å². The van der Waals surface area contributed by atoms with Crippen LogP contribution in [0.3, 0.4) is 0 Å². The summed E-state index contributed by atoms with van der Waals surface area (Å²) in [7, 11) is 0. The maximum Gasteiger partial charge on any atom is 0.0430 e. The van der Waals surface area contributed by atoms with Gasteiger partial charge < -0.3 is 0 Å². The molecule has 6 aromatic carbocycles. The normalized spacial score (nSPS) is 14.0. The van der Waals surface area contributed by atoms with Gasteiger partial charge in [0, 0.05) is 15.2 Å². The lowest BCUT2D eigenvalue weighted by Crippen LogP contribution is -2.27. The van der Waals surface area contributed by atoms with Crippen LogP contribution in [-0.4, -0.2) is 0 Å². The predicted octanol–water partition coefficient (Wildman–Crippen LogP) is 12.4. The van der Waals surface area contributed by atoms with Crippen molar-refractivity contribution in [1.29, 1.82) is 0 Å². The predicted molar refractivity (Wildman–Crippen MR) is 202 cm³/mol. The summed E-state index contributed by atoms with van der Waals surface area (Å²) in [5.41, 5.74) is 12.4. The van der Waals surface area contributed by atoms with E-state index in [9.17, 15) is 0 Å². The average Bonchev–Trinajstić information content (AvgIpc) is 3.13. The van der Waals surface area contributed by atoms with Gasteiger partial charge in [-0.15, -0.1) is 25.3 Å². The van der Waals surface area contributed by atoms with E-state index in [0.29, 0.717) is 0 Å². The Morgan fingerprint density at radius 3 is 1.59 bits per heavy atom. The van der Waals surface area contributed by atoms with Crippen molar-refractivity contribution in [3.63, 3.8) is 0 Å².